The number of carbonyl (C=O) groups is 1. The van der Waals surface area contributed by atoms with E-state index in [-0.39, 0.29) is 0 Å². The molecular weight excluding hydrogens is 164 g/mol. The smallest absolute Gasteiger partial charge is 0.209 e. The second-order valence-electron chi connectivity index (χ2n) is 3.88. The first-order chi connectivity index (χ1) is 6.33. The van der Waals surface area contributed by atoms with Crippen molar-refractivity contribution in [3.05, 3.63) is 0 Å². The molecule has 0 spiro atoms. The van der Waals surface area contributed by atoms with E-state index in [9.17, 15) is 4.79 Å². The quantitative estimate of drug-likeness (QED) is 0.646. The highest BCUT2D eigenvalue weighted by Crippen LogP contribution is 2.11. The van der Waals surface area contributed by atoms with Crippen LogP contribution < -0.4 is 5.32 Å². The highest BCUT2D eigenvalue weighted by molar-refractivity contribution is 5.46. The minimum absolute atomic E-state index is 0.703. The third-order valence-corrected chi connectivity index (χ3v) is 2.66. The van der Waals surface area contributed by atoms with Gasteiger partial charge in [-0.2, -0.15) is 0 Å². The fourth-order valence-corrected chi connectivity index (χ4v) is 1.81. The highest BCUT2D eigenvalue weighted by atomic mass is 16.1. The first-order valence-corrected chi connectivity index (χ1v) is 5.22. The van der Waals surface area contributed by atoms with Gasteiger partial charge in [0.15, 0.2) is 0 Å². The molecule has 0 bridgehead atoms. The third-order valence-electron chi connectivity index (χ3n) is 2.66. The van der Waals surface area contributed by atoms with Crippen LogP contribution in [-0.2, 0) is 4.79 Å². The number of hydrogen-bond donors (Lipinski definition) is 1. The van der Waals surface area contributed by atoms with E-state index in [1.54, 1.807) is 4.90 Å². The van der Waals surface area contributed by atoms with Gasteiger partial charge in [0.2, 0.25) is 6.41 Å². The molecule has 0 saturated carbocycles. The molecule has 13 heavy (non-hydrogen) atoms. The zero-order valence-electron chi connectivity index (χ0n) is 8.46. The number of amides is 1. The molecule has 1 aliphatic rings. The predicted molar refractivity (Wildman–Crippen MR) is 53.6 cm³/mol. The lowest BCUT2D eigenvalue weighted by Crippen LogP contribution is -2.34. The molecule has 1 atom stereocenters. The van der Waals surface area contributed by atoms with Crippen molar-refractivity contribution in [1.29, 1.82) is 0 Å². The van der Waals surface area contributed by atoms with Crippen molar-refractivity contribution in [2.45, 2.75) is 38.1 Å². The van der Waals surface area contributed by atoms with Gasteiger partial charge in [0.05, 0.1) is 0 Å². The van der Waals surface area contributed by atoms with Gasteiger partial charge in [0.25, 0.3) is 0 Å². The fourth-order valence-electron chi connectivity index (χ4n) is 1.81. The maximum absolute atomic E-state index is 10.3. The predicted octanol–water partition coefficient (Wildman–Crippen LogP) is 0.997. The Morgan fingerprint density at radius 2 is 2.38 bits per heavy atom. The number of carbonyl (C=O) groups excluding carboxylic acids is 1. The van der Waals surface area contributed by atoms with E-state index in [1.807, 2.05) is 7.05 Å². The van der Waals surface area contributed by atoms with Gasteiger partial charge in [-0.15, -0.1) is 0 Å². The lowest BCUT2D eigenvalue weighted by atomic mass is 10.0. The fraction of sp³-hybridized carbons (Fsp3) is 0.900. The summed E-state index contributed by atoms with van der Waals surface area (Å²) >= 11 is 0. The Morgan fingerprint density at radius 3 is 3.00 bits per heavy atom. The van der Waals surface area contributed by atoms with Crippen LogP contribution in [0.1, 0.15) is 32.1 Å². The van der Waals surface area contributed by atoms with Gasteiger partial charge in [0.1, 0.15) is 0 Å². The molecule has 0 aromatic carbocycles. The Kier molecular flexibility index (Phi) is 4.83. The standard InChI is InChI=1S/C10H20N2O/c1-12(9-13)8-4-6-10-5-2-3-7-11-10/h9-11H,2-8H2,1H3. The molecule has 1 saturated heterocycles. The Labute approximate surface area is 80.5 Å². The second-order valence-corrected chi connectivity index (χ2v) is 3.88. The minimum atomic E-state index is 0.703. The van der Waals surface area contributed by atoms with Crippen molar-refractivity contribution in [3.63, 3.8) is 0 Å². The van der Waals surface area contributed by atoms with Crippen molar-refractivity contribution in [3.8, 4) is 0 Å². The molecule has 3 heteroatoms. The zero-order chi connectivity index (χ0) is 9.52. The summed E-state index contributed by atoms with van der Waals surface area (Å²) in [7, 11) is 1.83. The van der Waals surface area contributed by atoms with Gasteiger partial charge < -0.3 is 10.2 Å². The van der Waals surface area contributed by atoms with E-state index in [4.69, 9.17) is 0 Å². The van der Waals surface area contributed by atoms with Crippen LogP contribution in [0, 0.1) is 0 Å². The Balaban J connectivity index is 2.01. The molecule has 1 amide bonds. The first-order valence-electron chi connectivity index (χ1n) is 5.22. The summed E-state index contributed by atoms with van der Waals surface area (Å²) < 4.78 is 0. The topological polar surface area (TPSA) is 32.3 Å². The number of hydrogen-bond acceptors (Lipinski definition) is 2. The van der Waals surface area contributed by atoms with Gasteiger partial charge in [-0.05, 0) is 32.2 Å². The minimum Gasteiger partial charge on any atom is -0.348 e. The molecule has 0 aliphatic carbocycles. The summed E-state index contributed by atoms with van der Waals surface area (Å²) in [4.78, 5) is 12.0. The molecule has 0 aromatic rings. The normalized spacial score (nSPS) is 22.7. The molecule has 1 rings (SSSR count). The van der Waals surface area contributed by atoms with Crippen molar-refractivity contribution in [2.75, 3.05) is 20.1 Å². The summed E-state index contributed by atoms with van der Waals surface area (Å²) in [6, 6.07) is 0.703. The van der Waals surface area contributed by atoms with Crippen molar-refractivity contribution >= 4 is 6.41 Å². The molecule has 0 radical (unpaired) electrons. The number of nitrogens with zero attached hydrogens (tertiary/aromatic N) is 1. The van der Waals surface area contributed by atoms with Crippen LogP contribution in [0.5, 0.6) is 0 Å². The molecule has 1 unspecified atom stereocenters. The van der Waals surface area contributed by atoms with Gasteiger partial charge in [-0.25, -0.2) is 0 Å². The maximum atomic E-state index is 10.3. The Morgan fingerprint density at radius 1 is 1.54 bits per heavy atom. The average Bonchev–Trinajstić information content (AvgIpc) is 2.19. The summed E-state index contributed by atoms with van der Waals surface area (Å²) in [5.74, 6) is 0. The van der Waals surface area contributed by atoms with Crippen LogP contribution in [0.4, 0.5) is 0 Å². The summed E-state index contributed by atoms with van der Waals surface area (Å²) in [6.45, 7) is 2.07. The lowest BCUT2D eigenvalue weighted by molar-refractivity contribution is -0.117. The van der Waals surface area contributed by atoms with Crippen LogP contribution in [0.15, 0.2) is 0 Å². The zero-order valence-corrected chi connectivity index (χ0v) is 8.46. The third kappa shape index (κ3) is 4.27. The van der Waals surface area contributed by atoms with Gasteiger partial charge in [-0.1, -0.05) is 6.42 Å². The number of piperidine rings is 1. The lowest BCUT2D eigenvalue weighted by Gasteiger charge is -2.23. The molecule has 76 valence electrons. The monoisotopic (exact) mass is 184 g/mol. The Hall–Kier alpha value is -0.570. The van der Waals surface area contributed by atoms with Crippen molar-refractivity contribution < 1.29 is 4.79 Å². The van der Waals surface area contributed by atoms with Gasteiger partial charge >= 0.3 is 0 Å². The van der Waals surface area contributed by atoms with E-state index in [0.717, 1.165) is 19.4 Å². The molecule has 1 N–H and O–H groups in total. The van der Waals surface area contributed by atoms with Crippen LogP contribution in [0.2, 0.25) is 0 Å². The molecule has 1 aliphatic heterocycles. The first kappa shape index (κ1) is 10.5. The highest BCUT2D eigenvalue weighted by Gasteiger charge is 2.11. The molecule has 1 heterocycles. The van der Waals surface area contributed by atoms with E-state index >= 15 is 0 Å². The van der Waals surface area contributed by atoms with E-state index in [2.05, 4.69) is 5.32 Å². The van der Waals surface area contributed by atoms with Crippen LogP contribution in [0.25, 0.3) is 0 Å². The van der Waals surface area contributed by atoms with E-state index in [0.29, 0.717) is 6.04 Å². The van der Waals surface area contributed by atoms with Crippen LogP contribution in [0.3, 0.4) is 0 Å². The average molecular weight is 184 g/mol. The molecule has 0 aromatic heterocycles. The number of rotatable bonds is 5. The summed E-state index contributed by atoms with van der Waals surface area (Å²) in [5.41, 5.74) is 0. The summed E-state index contributed by atoms with van der Waals surface area (Å²) in [5, 5.41) is 3.50. The SMILES string of the molecule is CN(C=O)CCCC1CCCCN1. The molecular formula is C10H20N2O. The largest absolute Gasteiger partial charge is 0.348 e. The van der Waals surface area contributed by atoms with Gasteiger partial charge in [-0.3, -0.25) is 4.79 Å². The van der Waals surface area contributed by atoms with Crippen LogP contribution >= 0.6 is 0 Å². The van der Waals surface area contributed by atoms with E-state index in [1.165, 1.54) is 32.2 Å². The van der Waals surface area contributed by atoms with Crippen molar-refractivity contribution in [1.82, 2.24) is 10.2 Å². The molecule has 3 nitrogen and oxygen atoms in total. The Bertz CT molecular complexity index is 144. The number of nitrogens with one attached hydrogen (secondary N) is 1. The summed E-state index contributed by atoms with van der Waals surface area (Å²) in [6.07, 6.45) is 7.22. The maximum Gasteiger partial charge on any atom is 0.209 e. The van der Waals surface area contributed by atoms with E-state index < -0.39 is 0 Å². The van der Waals surface area contributed by atoms with Gasteiger partial charge in [0, 0.05) is 19.6 Å². The molecule has 1 fully saturated rings. The van der Waals surface area contributed by atoms with Crippen molar-refractivity contribution in [2.24, 2.45) is 0 Å². The second kappa shape index (κ2) is 5.97. The van der Waals surface area contributed by atoms with Crippen LogP contribution in [-0.4, -0.2) is 37.5 Å².